The van der Waals surface area contributed by atoms with Crippen LogP contribution in [0.5, 0.6) is 0 Å². The van der Waals surface area contributed by atoms with Crippen LogP contribution in [0.25, 0.3) is 0 Å². The minimum Gasteiger partial charge on any atom is -0.477 e. The normalized spacial score (nSPS) is 18.5. The Kier molecular flexibility index (Phi) is 3.46. The molecule has 2 heterocycles. The maximum absolute atomic E-state index is 11.9. The number of amides is 2. The highest BCUT2D eigenvalue weighted by Gasteiger charge is 2.28. The molecule has 1 aromatic rings. The molecule has 7 nitrogen and oxygen atoms in total. The second-order valence-electron chi connectivity index (χ2n) is 4.36. The van der Waals surface area contributed by atoms with E-state index in [1.807, 2.05) is 0 Å². The third kappa shape index (κ3) is 2.87. The third-order valence-corrected chi connectivity index (χ3v) is 2.88. The van der Waals surface area contributed by atoms with Crippen LogP contribution in [0.3, 0.4) is 0 Å². The zero-order valence-corrected chi connectivity index (χ0v) is 10.3. The predicted octanol–water partition coefficient (Wildman–Crippen LogP) is -0.260. The summed E-state index contributed by atoms with van der Waals surface area (Å²) in [5.41, 5.74) is -0.158. The van der Waals surface area contributed by atoms with Crippen LogP contribution in [0.2, 0.25) is 0 Å². The van der Waals surface area contributed by atoms with Crippen molar-refractivity contribution in [3.63, 3.8) is 0 Å². The van der Waals surface area contributed by atoms with Gasteiger partial charge >= 0.3 is 5.97 Å². The zero-order chi connectivity index (χ0) is 14.0. The minimum absolute atomic E-state index is 0.0295. The van der Waals surface area contributed by atoms with E-state index in [1.54, 1.807) is 7.05 Å². The van der Waals surface area contributed by atoms with Crippen LogP contribution in [0.4, 0.5) is 0 Å². The molecule has 0 saturated carbocycles. The molecule has 1 fully saturated rings. The maximum atomic E-state index is 11.9. The summed E-state index contributed by atoms with van der Waals surface area (Å²) >= 11 is 0. The molecule has 1 aliphatic rings. The van der Waals surface area contributed by atoms with Crippen LogP contribution < -0.4 is 5.32 Å². The number of carboxylic acid groups (broad SMARTS) is 1. The van der Waals surface area contributed by atoms with Crippen molar-refractivity contribution in [2.24, 2.45) is 0 Å². The molecular formula is C12H13N3O4. The average Bonchev–Trinajstić information content (AvgIpc) is 2.68. The molecule has 0 spiro atoms. The number of pyridine rings is 1. The number of aromatic carboxylic acids is 1. The number of carboxylic acids is 1. The summed E-state index contributed by atoms with van der Waals surface area (Å²) in [5, 5.41) is 11.5. The SMILES string of the molecule is CN1CC(NC(=O)c2cccc(C(=O)O)n2)CC1=O. The van der Waals surface area contributed by atoms with E-state index in [2.05, 4.69) is 10.3 Å². The van der Waals surface area contributed by atoms with Crippen molar-refractivity contribution >= 4 is 17.8 Å². The summed E-state index contributed by atoms with van der Waals surface area (Å²) in [4.78, 5) is 39.3. The van der Waals surface area contributed by atoms with E-state index in [0.29, 0.717) is 6.54 Å². The lowest BCUT2D eigenvalue weighted by atomic mass is 10.2. The van der Waals surface area contributed by atoms with E-state index in [9.17, 15) is 14.4 Å². The fourth-order valence-electron chi connectivity index (χ4n) is 1.90. The lowest BCUT2D eigenvalue weighted by Gasteiger charge is -2.12. The summed E-state index contributed by atoms with van der Waals surface area (Å²) < 4.78 is 0. The number of carbonyl (C=O) groups is 3. The van der Waals surface area contributed by atoms with Crippen molar-refractivity contribution in [2.45, 2.75) is 12.5 Å². The Labute approximate surface area is 109 Å². The highest BCUT2D eigenvalue weighted by atomic mass is 16.4. The molecule has 7 heteroatoms. The Morgan fingerprint density at radius 3 is 2.68 bits per heavy atom. The second kappa shape index (κ2) is 5.05. The third-order valence-electron chi connectivity index (χ3n) is 2.88. The van der Waals surface area contributed by atoms with E-state index in [4.69, 9.17) is 5.11 Å². The standard InChI is InChI=1S/C12H13N3O4/c1-15-6-7(5-10(15)16)13-11(17)8-3-2-4-9(14-8)12(18)19/h2-4,7H,5-6H2,1H3,(H,13,17)(H,18,19). The lowest BCUT2D eigenvalue weighted by molar-refractivity contribution is -0.126. The number of rotatable bonds is 3. The molecule has 100 valence electrons. The summed E-state index contributed by atoms with van der Waals surface area (Å²) in [5.74, 6) is -1.70. The molecule has 2 amide bonds. The lowest BCUT2D eigenvalue weighted by Crippen LogP contribution is -2.37. The molecule has 1 aliphatic heterocycles. The predicted molar refractivity (Wildman–Crippen MR) is 64.7 cm³/mol. The van der Waals surface area contributed by atoms with Gasteiger partial charge < -0.3 is 15.3 Å². The molecule has 19 heavy (non-hydrogen) atoms. The summed E-state index contributed by atoms with van der Waals surface area (Å²) in [6.45, 7) is 0.448. The van der Waals surface area contributed by atoms with Gasteiger partial charge in [0.1, 0.15) is 11.4 Å². The second-order valence-corrected chi connectivity index (χ2v) is 4.36. The van der Waals surface area contributed by atoms with Crippen LogP contribution >= 0.6 is 0 Å². The Morgan fingerprint density at radius 2 is 2.11 bits per heavy atom. The molecule has 0 aliphatic carbocycles. The van der Waals surface area contributed by atoms with Gasteiger partial charge in [0, 0.05) is 20.0 Å². The smallest absolute Gasteiger partial charge is 0.354 e. The van der Waals surface area contributed by atoms with Crippen molar-refractivity contribution in [1.29, 1.82) is 0 Å². The van der Waals surface area contributed by atoms with E-state index >= 15 is 0 Å². The van der Waals surface area contributed by atoms with E-state index in [-0.39, 0.29) is 29.8 Å². The van der Waals surface area contributed by atoms with Crippen LogP contribution in [-0.4, -0.2) is 52.4 Å². The van der Waals surface area contributed by atoms with E-state index in [0.717, 1.165) is 0 Å². The number of hydrogen-bond acceptors (Lipinski definition) is 4. The van der Waals surface area contributed by atoms with Crippen molar-refractivity contribution in [1.82, 2.24) is 15.2 Å². The molecular weight excluding hydrogens is 250 g/mol. The zero-order valence-electron chi connectivity index (χ0n) is 10.3. The van der Waals surface area contributed by atoms with Crippen LogP contribution in [0, 0.1) is 0 Å². The van der Waals surface area contributed by atoms with Crippen LogP contribution in [-0.2, 0) is 4.79 Å². The molecule has 2 rings (SSSR count). The number of nitrogens with one attached hydrogen (secondary N) is 1. The largest absolute Gasteiger partial charge is 0.477 e. The maximum Gasteiger partial charge on any atom is 0.354 e. The number of hydrogen-bond donors (Lipinski definition) is 2. The van der Waals surface area contributed by atoms with Gasteiger partial charge in [-0.2, -0.15) is 0 Å². The Hall–Kier alpha value is -2.44. The Morgan fingerprint density at radius 1 is 1.42 bits per heavy atom. The first-order valence-corrected chi connectivity index (χ1v) is 5.72. The van der Waals surface area contributed by atoms with E-state index < -0.39 is 11.9 Å². The van der Waals surface area contributed by atoms with Crippen molar-refractivity contribution < 1.29 is 19.5 Å². The highest BCUT2D eigenvalue weighted by molar-refractivity contribution is 5.94. The van der Waals surface area contributed by atoms with Gasteiger partial charge in [0.05, 0.1) is 6.04 Å². The minimum atomic E-state index is -1.19. The highest BCUT2D eigenvalue weighted by Crippen LogP contribution is 2.09. The molecule has 0 bridgehead atoms. The first-order chi connectivity index (χ1) is 8.97. The number of likely N-dealkylation sites (N-methyl/N-ethyl adjacent to an activating group) is 1. The van der Waals surface area contributed by atoms with Gasteiger partial charge in [0.25, 0.3) is 5.91 Å². The molecule has 1 unspecified atom stereocenters. The van der Waals surface area contributed by atoms with Gasteiger partial charge in [-0.3, -0.25) is 9.59 Å². The Bertz CT molecular complexity index is 544. The molecule has 1 aromatic heterocycles. The quantitative estimate of drug-likeness (QED) is 0.782. The number of aromatic nitrogens is 1. The molecule has 2 N–H and O–H groups in total. The van der Waals surface area contributed by atoms with Gasteiger partial charge in [0.15, 0.2) is 0 Å². The summed E-state index contributed by atoms with van der Waals surface area (Å²) in [7, 11) is 1.66. The monoisotopic (exact) mass is 263 g/mol. The summed E-state index contributed by atoms with van der Waals surface area (Å²) in [6.07, 6.45) is 0.251. The number of likely N-dealkylation sites (tertiary alicyclic amines) is 1. The first kappa shape index (κ1) is 13.0. The van der Waals surface area contributed by atoms with Crippen LogP contribution in [0.15, 0.2) is 18.2 Å². The topological polar surface area (TPSA) is 99.6 Å². The average molecular weight is 263 g/mol. The van der Waals surface area contributed by atoms with E-state index in [1.165, 1.54) is 23.1 Å². The fraction of sp³-hybridized carbons (Fsp3) is 0.333. The van der Waals surface area contributed by atoms with Crippen LogP contribution in [0.1, 0.15) is 27.4 Å². The van der Waals surface area contributed by atoms with Gasteiger partial charge in [-0.15, -0.1) is 0 Å². The molecule has 1 atom stereocenters. The molecule has 1 saturated heterocycles. The Balaban J connectivity index is 2.06. The number of nitrogens with zero attached hydrogens (tertiary/aromatic N) is 2. The first-order valence-electron chi connectivity index (χ1n) is 5.72. The van der Waals surface area contributed by atoms with Gasteiger partial charge in [-0.1, -0.05) is 6.07 Å². The summed E-state index contributed by atoms with van der Waals surface area (Å²) in [6, 6.07) is 3.94. The molecule has 0 radical (unpaired) electrons. The van der Waals surface area contributed by atoms with Crippen molar-refractivity contribution in [3.8, 4) is 0 Å². The number of carbonyl (C=O) groups excluding carboxylic acids is 2. The van der Waals surface area contributed by atoms with Crippen molar-refractivity contribution in [3.05, 3.63) is 29.6 Å². The van der Waals surface area contributed by atoms with Gasteiger partial charge in [0.2, 0.25) is 5.91 Å². The molecule has 0 aromatic carbocycles. The van der Waals surface area contributed by atoms with Gasteiger partial charge in [-0.05, 0) is 12.1 Å². The fourth-order valence-corrected chi connectivity index (χ4v) is 1.90. The van der Waals surface area contributed by atoms with Crippen molar-refractivity contribution in [2.75, 3.05) is 13.6 Å². The van der Waals surface area contributed by atoms with Gasteiger partial charge in [-0.25, -0.2) is 9.78 Å².